The van der Waals surface area contributed by atoms with Gasteiger partial charge in [0.05, 0.1) is 12.7 Å². The van der Waals surface area contributed by atoms with Crippen LogP contribution in [0.15, 0.2) is 0 Å². The van der Waals surface area contributed by atoms with Crippen LogP contribution in [0.3, 0.4) is 0 Å². The third-order valence-corrected chi connectivity index (χ3v) is 1.65. The van der Waals surface area contributed by atoms with Gasteiger partial charge in [0.15, 0.2) is 5.78 Å². The van der Waals surface area contributed by atoms with Crippen LogP contribution in [0.2, 0.25) is 0 Å². The Bertz CT molecular complexity index is 199. The molecule has 1 heterocycles. The summed E-state index contributed by atoms with van der Waals surface area (Å²) >= 11 is 0. The summed E-state index contributed by atoms with van der Waals surface area (Å²) in [5.41, 5.74) is 0. The molecular weight excluding hydrogens is 160 g/mol. The van der Waals surface area contributed by atoms with Crippen molar-refractivity contribution in [2.45, 2.75) is 32.5 Å². The second kappa shape index (κ2) is 3.67. The molecule has 1 saturated heterocycles. The Morgan fingerprint density at radius 3 is 2.83 bits per heavy atom. The van der Waals surface area contributed by atoms with Crippen molar-refractivity contribution in [3.8, 4) is 0 Å². The van der Waals surface area contributed by atoms with Crippen molar-refractivity contribution in [1.82, 2.24) is 0 Å². The Hall–Kier alpha value is -0.900. The van der Waals surface area contributed by atoms with Crippen LogP contribution in [0.5, 0.6) is 0 Å². The Morgan fingerprint density at radius 2 is 2.42 bits per heavy atom. The number of hydrogen-bond acceptors (Lipinski definition) is 4. The van der Waals surface area contributed by atoms with Crippen LogP contribution in [-0.2, 0) is 19.1 Å². The smallest absolute Gasteiger partial charge is 0.343 e. The maximum atomic E-state index is 11.1. The first-order valence-electron chi connectivity index (χ1n) is 4.00. The van der Waals surface area contributed by atoms with Crippen molar-refractivity contribution in [1.29, 1.82) is 0 Å². The normalized spacial score (nSPS) is 29.0. The third kappa shape index (κ3) is 1.82. The van der Waals surface area contributed by atoms with E-state index in [4.69, 9.17) is 4.74 Å². The van der Waals surface area contributed by atoms with Crippen LogP contribution >= 0.6 is 0 Å². The molecule has 0 saturated carbocycles. The van der Waals surface area contributed by atoms with E-state index in [1.54, 1.807) is 13.8 Å². The van der Waals surface area contributed by atoms with E-state index in [0.29, 0.717) is 6.42 Å². The zero-order valence-corrected chi connectivity index (χ0v) is 7.20. The molecule has 1 fully saturated rings. The summed E-state index contributed by atoms with van der Waals surface area (Å²) in [6.07, 6.45) is -0.824. The van der Waals surface area contributed by atoms with E-state index in [1.165, 1.54) is 0 Å². The average molecular weight is 172 g/mol. The lowest BCUT2D eigenvalue weighted by atomic mass is 10.2. The molecule has 0 aliphatic carbocycles. The number of ether oxygens (including phenoxy) is 2. The van der Waals surface area contributed by atoms with Gasteiger partial charge in [-0.3, -0.25) is 4.79 Å². The highest BCUT2D eigenvalue weighted by atomic mass is 16.6. The Labute approximate surface area is 70.8 Å². The van der Waals surface area contributed by atoms with Gasteiger partial charge in [-0.05, 0) is 13.8 Å². The van der Waals surface area contributed by atoms with Gasteiger partial charge in [0.2, 0.25) is 6.10 Å². The molecule has 1 aliphatic rings. The Balaban J connectivity index is 2.52. The quantitative estimate of drug-likeness (QED) is 0.444. The number of carbonyl (C=O) groups is 2. The van der Waals surface area contributed by atoms with Gasteiger partial charge in [-0.25, -0.2) is 4.79 Å². The fraction of sp³-hybridized carbons (Fsp3) is 0.750. The lowest BCUT2D eigenvalue weighted by Crippen LogP contribution is -2.29. The molecule has 1 aliphatic heterocycles. The molecule has 0 amide bonds. The van der Waals surface area contributed by atoms with Crippen LogP contribution in [0, 0.1) is 0 Å². The maximum Gasteiger partial charge on any atom is 0.343 e. The summed E-state index contributed by atoms with van der Waals surface area (Å²) in [5.74, 6) is -0.743. The van der Waals surface area contributed by atoms with E-state index >= 15 is 0 Å². The van der Waals surface area contributed by atoms with E-state index in [1.807, 2.05) is 0 Å². The van der Waals surface area contributed by atoms with Gasteiger partial charge in [0.25, 0.3) is 0 Å². The summed E-state index contributed by atoms with van der Waals surface area (Å²) in [7, 11) is 0. The van der Waals surface area contributed by atoms with Gasteiger partial charge in [0, 0.05) is 6.42 Å². The van der Waals surface area contributed by atoms with Gasteiger partial charge in [-0.1, -0.05) is 0 Å². The molecule has 0 aromatic carbocycles. The van der Waals surface area contributed by atoms with Crippen LogP contribution in [0.25, 0.3) is 0 Å². The van der Waals surface area contributed by atoms with E-state index in [-0.39, 0.29) is 18.5 Å². The molecule has 0 radical (unpaired) electrons. The number of Topliss-reactive ketones (excluding diaryl/α,β-unsaturated/α-hetero) is 1. The second-order valence-corrected chi connectivity index (χ2v) is 2.75. The highest BCUT2D eigenvalue weighted by molar-refractivity contribution is 6.03. The summed E-state index contributed by atoms with van der Waals surface area (Å²) in [6, 6.07) is 0. The largest absolute Gasteiger partial charge is 0.464 e. The molecule has 0 bridgehead atoms. The van der Waals surface area contributed by atoms with Crippen molar-refractivity contribution >= 4 is 11.8 Å². The molecule has 4 heteroatoms. The molecule has 68 valence electrons. The van der Waals surface area contributed by atoms with Gasteiger partial charge in [-0.2, -0.15) is 0 Å². The molecule has 0 N–H and O–H groups in total. The minimum atomic E-state index is -0.972. The van der Waals surface area contributed by atoms with Gasteiger partial charge in [-0.15, -0.1) is 0 Å². The first kappa shape index (κ1) is 9.19. The topological polar surface area (TPSA) is 52.6 Å². The summed E-state index contributed by atoms with van der Waals surface area (Å²) in [4.78, 5) is 22.1. The van der Waals surface area contributed by atoms with Gasteiger partial charge < -0.3 is 9.47 Å². The standard InChI is InChI=1S/C8H12O4/c1-3-11-8(10)7-6(9)4-5(2)12-7/h5,7H,3-4H2,1-2H3/t5-,7+/m1/s1. The molecule has 2 atom stereocenters. The second-order valence-electron chi connectivity index (χ2n) is 2.75. The molecular formula is C8H12O4. The van der Waals surface area contributed by atoms with Crippen LogP contribution in [0.4, 0.5) is 0 Å². The SMILES string of the molecule is CCOC(=O)[C@H]1O[C@H](C)CC1=O. The van der Waals surface area contributed by atoms with Crippen molar-refractivity contribution in [2.24, 2.45) is 0 Å². The highest BCUT2D eigenvalue weighted by Crippen LogP contribution is 2.16. The van der Waals surface area contributed by atoms with Crippen LogP contribution in [0.1, 0.15) is 20.3 Å². The number of esters is 1. The lowest BCUT2D eigenvalue weighted by molar-refractivity contribution is -0.157. The van der Waals surface area contributed by atoms with E-state index in [9.17, 15) is 9.59 Å². The summed E-state index contributed by atoms with van der Waals surface area (Å²) in [5, 5.41) is 0. The molecule has 1 rings (SSSR count). The zero-order chi connectivity index (χ0) is 9.14. The number of ketones is 1. The van der Waals surface area contributed by atoms with Crippen molar-refractivity contribution in [3.63, 3.8) is 0 Å². The molecule has 0 spiro atoms. The van der Waals surface area contributed by atoms with E-state index in [0.717, 1.165) is 0 Å². The minimum absolute atomic E-state index is 0.160. The van der Waals surface area contributed by atoms with Crippen molar-refractivity contribution in [2.75, 3.05) is 6.61 Å². The number of carbonyl (C=O) groups excluding carboxylic acids is 2. The van der Waals surface area contributed by atoms with Gasteiger partial charge in [0.1, 0.15) is 0 Å². The van der Waals surface area contributed by atoms with E-state index < -0.39 is 12.1 Å². The monoisotopic (exact) mass is 172 g/mol. The molecule has 0 aromatic heterocycles. The predicted octanol–water partition coefficient (Wildman–Crippen LogP) is 0.296. The zero-order valence-electron chi connectivity index (χ0n) is 7.20. The molecule has 0 aromatic rings. The summed E-state index contributed by atoms with van der Waals surface area (Å²) in [6.45, 7) is 3.73. The average Bonchev–Trinajstić information content (AvgIpc) is 2.30. The van der Waals surface area contributed by atoms with Crippen LogP contribution < -0.4 is 0 Å². The number of hydrogen-bond donors (Lipinski definition) is 0. The first-order valence-corrected chi connectivity index (χ1v) is 4.00. The Kier molecular flexibility index (Phi) is 2.81. The highest BCUT2D eigenvalue weighted by Gasteiger charge is 2.37. The first-order chi connectivity index (χ1) is 5.65. The molecule has 0 unspecified atom stereocenters. The number of rotatable bonds is 2. The predicted molar refractivity (Wildman–Crippen MR) is 40.6 cm³/mol. The fourth-order valence-corrected chi connectivity index (χ4v) is 1.15. The van der Waals surface area contributed by atoms with Gasteiger partial charge >= 0.3 is 5.97 Å². The van der Waals surface area contributed by atoms with Crippen LogP contribution in [-0.4, -0.2) is 30.6 Å². The minimum Gasteiger partial charge on any atom is -0.464 e. The Morgan fingerprint density at radius 1 is 1.75 bits per heavy atom. The van der Waals surface area contributed by atoms with E-state index in [2.05, 4.69) is 4.74 Å². The molecule has 4 nitrogen and oxygen atoms in total. The fourth-order valence-electron chi connectivity index (χ4n) is 1.15. The lowest BCUT2D eigenvalue weighted by Gasteiger charge is -2.07. The maximum absolute atomic E-state index is 11.1. The van der Waals surface area contributed by atoms with Crippen molar-refractivity contribution in [3.05, 3.63) is 0 Å². The summed E-state index contributed by atoms with van der Waals surface area (Å²) < 4.78 is 9.72. The van der Waals surface area contributed by atoms with Crippen molar-refractivity contribution < 1.29 is 19.1 Å². The molecule has 12 heavy (non-hydrogen) atoms. The third-order valence-electron chi connectivity index (χ3n) is 1.65.